The van der Waals surface area contributed by atoms with Crippen LogP contribution < -0.4 is 10.5 Å². The van der Waals surface area contributed by atoms with E-state index in [2.05, 4.69) is 24.9 Å². The molecule has 0 aliphatic carbocycles. The van der Waals surface area contributed by atoms with Gasteiger partial charge in [-0.05, 0) is 18.6 Å². The van der Waals surface area contributed by atoms with E-state index in [1.807, 2.05) is 0 Å². The molecule has 0 amide bonds. The maximum atomic E-state index is 11.9. The van der Waals surface area contributed by atoms with Crippen molar-refractivity contribution in [2.45, 2.75) is 17.7 Å². The summed E-state index contributed by atoms with van der Waals surface area (Å²) in [7, 11) is -3.53. The smallest absolute Gasteiger partial charge is 0.242 e. The van der Waals surface area contributed by atoms with E-state index in [1.54, 1.807) is 0 Å². The van der Waals surface area contributed by atoms with E-state index in [0.29, 0.717) is 19.4 Å². The molecule has 0 aromatic carbocycles. The van der Waals surface area contributed by atoms with Crippen LogP contribution in [0.15, 0.2) is 29.6 Å². The van der Waals surface area contributed by atoms with E-state index in [9.17, 15) is 8.42 Å². The van der Waals surface area contributed by atoms with Gasteiger partial charge in [-0.2, -0.15) is 5.10 Å². The number of nitrogens with zero attached hydrogens (tertiary/aromatic N) is 3. The highest BCUT2D eigenvalue weighted by atomic mass is 32.2. The Morgan fingerprint density at radius 1 is 1.32 bits per heavy atom. The van der Waals surface area contributed by atoms with Crippen LogP contribution in [-0.4, -0.2) is 35.1 Å². The van der Waals surface area contributed by atoms with E-state index in [0.717, 1.165) is 5.82 Å². The van der Waals surface area contributed by atoms with E-state index >= 15 is 0 Å². The third kappa shape index (κ3) is 3.73. The molecule has 0 spiro atoms. The van der Waals surface area contributed by atoms with Crippen molar-refractivity contribution in [3.8, 4) is 0 Å². The average Bonchev–Trinajstić information content (AvgIpc) is 2.88. The molecule has 9 heteroatoms. The molecule has 0 saturated heterocycles. The van der Waals surface area contributed by atoms with Gasteiger partial charge in [0.05, 0.1) is 0 Å². The molecule has 102 valence electrons. The van der Waals surface area contributed by atoms with Gasteiger partial charge in [0.2, 0.25) is 10.0 Å². The number of H-pyrrole nitrogens is 1. The summed E-state index contributed by atoms with van der Waals surface area (Å²) >= 11 is 0. The number of aryl methyl sites for hydroxylation is 1. The predicted molar refractivity (Wildman–Crippen MR) is 68.5 cm³/mol. The minimum atomic E-state index is -3.53. The quantitative estimate of drug-likeness (QED) is 0.624. The molecule has 0 aliphatic rings. The minimum Gasteiger partial charge on any atom is -0.384 e. The van der Waals surface area contributed by atoms with E-state index in [4.69, 9.17) is 5.73 Å². The first-order valence-electron chi connectivity index (χ1n) is 5.63. The van der Waals surface area contributed by atoms with Gasteiger partial charge in [-0.3, -0.25) is 5.10 Å². The van der Waals surface area contributed by atoms with Crippen molar-refractivity contribution in [1.82, 2.24) is 24.9 Å². The average molecular weight is 282 g/mol. The van der Waals surface area contributed by atoms with Crippen molar-refractivity contribution in [1.29, 1.82) is 0 Å². The lowest BCUT2D eigenvalue weighted by atomic mass is 10.3. The molecule has 2 rings (SSSR count). The number of aromatic nitrogens is 4. The first-order chi connectivity index (χ1) is 9.08. The van der Waals surface area contributed by atoms with Crippen molar-refractivity contribution in [2.24, 2.45) is 0 Å². The largest absolute Gasteiger partial charge is 0.384 e. The second-order valence-corrected chi connectivity index (χ2v) is 5.62. The standard InChI is InChI=1S/C10H14N6O2S/c11-9-4-3-8(6-12-9)19(17,18)15-5-1-2-10-13-7-14-16-10/h3-4,6-7,15H,1-2,5H2,(H2,11,12)(H,13,14,16). The maximum Gasteiger partial charge on any atom is 0.242 e. The summed E-state index contributed by atoms with van der Waals surface area (Å²) < 4.78 is 26.2. The number of rotatable bonds is 6. The Balaban J connectivity index is 1.86. The van der Waals surface area contributed by atoms with Crippen LogP contribution in [0.5, 0.6) is 0 Å². The summed E-state index contributed by atoms with van der Waals surface area (Å²) in [5.41, 5.74) is 5.40. The highest BCUT2D eigenvalue weighted by Crippen LogP contribution is 2.08. The van der Waals surface area contributed by atoms with Gasteiger partial charge in [0.25, 0.3) is 0 Å². The van der Waals surface area contributed by atoms with Gasteiger partial charge in [-0.15, -0.1) is 0 Å². The normalized spacial score (nSPS) is 11.6. The molecule has 2 aromatic rings. The second kappa shape index (κ2) is 5.76. The van der Waals surface area contributed by atoms with Crippen LogP contribution in [0, 0.1) is 0 Å². The molecule has 2 heterocycles. The second-order valence-electron chi connectivity index (χ2n) is 3.85. The zero-order chi connectivity index (χ0) is 13.7. The van der Waals surface area contributed by atoms with Crippen molar-refractivity contribution >= 4 is 15.8 Å². The minimum absolute atomic E-state index is 0.0985. The molecule has 0 saturated carbocycles. The fourth-order valence-corrected chi connectivity index (χ4v) is 2.47. The van der Waals surface area contributed by atoms with Gasteiger partial charge in [-0.25, -0.2) is 23.1 Å². The van der Waals surface area contributed by atoms with Gasteiger partial charge in [0.1, 0.15) is 22.9 Å². The fraction of sp³-hybridized carbons (Fsp3) is 0.300. The molecule has 0 radical (unpaired) electrons. The number of pyridine rings is 1. The first kappa shape index (κ1) is 13.4. The highest BCUT2D eigenvalue weighted by Gasteiger charge is 2.13. The number of hydrogen-bond acceptors (Lipinski definition) is 6. The van der Waals surface area contributed by atoms with Crippen LogP contribution in [0.4, 0.5) is 5.82 Å². The van der Waals surface area contributed by atoms with Crippen molar-refractivity contribution in [2.75, 3.05) is 12.3 Å². The van der Waals surface area contributed by atoms with Crippen molar-refractivity contribution in [3.63, 3.8) is 0 Å². The number of hydrogen-bond donors (Lipinski definition) is 3. The topological polar surface area (TPSA) is 127 Å². The molecule has 0 aliphatic heterocycles. The summed E-state index contributed by atoms with van der Waals surface area (Å²) in [6, 6.07) is 2.87. The van der Waals surface area contributed by atoms with E-state index in [1.165, 1.54) is 24.7 Å². The van der Waals surface area contributed by atoms with Crippen LogP contribution >= 0.6 is 0 Å². The number of aromatic amines is 1. The zero-order valence-corrected chi connectivity index (χ0v) is 10.9. The fourth-order valence-electron chi connectivity index (χ4n) is 1.45. The first-order valence-corrected chi connectivity index (χ1v) is 7.12. The lowest BCUT2D eigenvalue weighted by molar-refractivity contribution is 0.578. The molecule has 0 bridgehead atoms. The Bertz CT molecular complexity index is 608. The number of nitrogens with two attached hydrogens (primary N) is 1. The third-order valence-corrected chi connectivity index (χ3v) is 3.86. The molecular formula is C10H14N6O2S. The molecular weight excluding hydrogens is 268 g/mol. The van der Waals surface area contributed by atoms with Crippen LogP contribution in [0.25, 0.3) is 0 Å². The Morgan fingerprint density at radius 2 is 2.16 bits per heavy atom. The Hall–Kier alpha value is -2.00. The lowest BCUT2D eigenvalue weighted by Gasteiger charge is -2.05. The van der Waals surface area contributed by atoms with Crippen LogP contribution in [0.1, 0.15) is 12.2 Å². The van der Waals surface area contributed by atoms with Crippen LogP contribution in [0.2, 0.25) is 0 Å². The number of sulfonamides is 1. The predicted octanol–water partition coefficient (Wildman–Crippen LogP) is -0.307. The molecule has 0 fully saturated rings. The Kier molecular flexibility index (Phi) is 4.07. The molecule has 4 N–H and O–H groups in total. The summed E-state index contributed by atoms with van der Waals surface area (Å²) in [5.74, 6) is 1.01. The van der Waals surface area contributed by atoms with Crippen LogP contribution in [-0.2, 0) is 16.4 Å². The van der Waals surface area contributed by atoms with Gasteiger partial charge in [-0.1, -0.05) is 0 Å². The number of nitrogens with one attached hydrogen (secondary N) is 2. The van der Waals surface area contributed by atoms with Crippen LogP contribution in [0.3, 0.4) is 0 Å². The monoisotopic (exact) mass is 282 g/mol. The van der Waals surface area contributed by atoms with Gasteiger partial charge < -0.3 is 5.73 Å². The van der Waals surface area contributed by atoms with Crippen molar-refractivity contribution in [3.05, 3.63) is 30.5 Å². The van der Waals surface area contributed by atoms with Gasteiger partial charge >= 0.3 is 0 Å². The van der Waals surface area contributed by atoms with Crippen molar-refractivity contribution < 1.29 is 8.42 Å². The Labute approximate surface area is 110 Å². The SMILES string of the molecule is Nc1ccc(S(=O)(=O)NCCCc2ncn[nH]2)cn1. The number of anilines is 1. The summed E-state index contributed by atoms with van der Waals surface area (Å²) in [6.45, 7) is 0.313. The molecule has 8 nitrogen and oxygen atoms in total. The molecule has 19 heavy (non-hydrogen) atoms. The number of nitrogen functional groups attached to an aromatic ring is 1. The summed E-state index contributed by atoms with van der Waals surface area (Å²) in [4.78, 5) is 7.80. The summed E-state index contributed by atoms with van der Waals surface area (Å²) in [6.07, 6.45) is 3.90. The molecule has 0 atom stereocenters. The summed E-state index contributed by atoms with van der Waals surface area (Å²) in [5, 5.41) is 6.42. The van der Waals surface area contributed by atoms with Gasteiger partial charge in [0, 0.05) is 19.2 Å². The van der Waals surface area contributed by atoms with Gasteiger partial charge in [0.15, 0.2) is 0 Å². The highest BCUT2D eigenvalue weighted by molar-refractivity contribution is 7.89. The third-order valence-electron chi connectivity index (χ3n) is 2.42. The maximum absolute atomic E-state index is 11.9. The van der Waals surface area contributed by atoms with E-state index < -0.39 is 10.0 Å². The molecule has 0 unspecified atom stereocenters. The van der Waals surface area contributed by atoms with E-state index in [-0.39, 0.29) is 10.7 Å². The lowest BCUT2D eigenvalue weighted by Crippen LogP contribution is -2.25. The zero-order valence-electron chi connectivity index (χ0n) is 10.1. The Morgan fingerprint density at radius 3 is 2.79 bits per heavy atom. The molecule has 2 aromatic heterocycles.